The van der Waals surface area contributed by atoms with Crippen LogP contribution in [0.5, 0.6) is 0 Å². The van der Waals surface area contributed by atoms with Crippen LogP contribution in [0.25, 0.3) is 0 Å². The van der Waals surface area contributed by atoms with E-state index in [2.05, 4.69) is 31.3 Å². The lowest BCUT2D eigenvalue weighted by atomic mass is 9.85. The first-order valence-electron chi connectivity index (χ1n) is 11.0. The molecule has 0 heterocycles. The lowest BCUT2D eigenvalue weighted by molar-refractivity contribution is -0.121. The maximum atomic E-state index is 14.3. The summed E-state index contributed by atoms with van der Waals surface area (Å²) in [6.07, 6.45) is 1.30. The molecular weight excluding hydrogens is 391 g/mol. The molecule has 2 aromatic rings. The number of nitrogens with zero attached hydrogens (tertiary/aromatic N) is 1. The molecule has 2 rings (SSSR count). The molecule has 2 aromatic carbocycles. The van der Waals surface area contributed by atoms with Gasteiger partial charge in [0.05, 0.1) is 5.56 Å². The highest BCUT2D eigenvalue weighted by molar-refractivity contribution is 5.96. The van der Waals surface area contributed by atoms with E-state index in [0.29, 0.717) is 25.3 Å². The van der Waals surface area contributed by atoms with Crippen molar-refractivity contribution >= 4 is 11.7 Å². The van der Waals surface area contributed by atoms with Crippen LogP contribution < -0.4 is 5.32 Å². The number of likely N-dealkylation sites (N-methyl/N-ethyl adjacent to an activating group) is 1. The van der Waals surface area contributed by atoms with Gasteiger partial charge in [0.25, 0.3) is 0 Å². The first-order chi connectivity index (χ1) is 14.7. The summed E-state index contributed by atoms with van der Waals surface area (Å²) in [7, 11) is 3.89. The normalized spacial score (nSPS) is 13.3. The Bertz CT molecular complexity index is 865. The van der Waals surface area contributed by atoms with E-state index in [9.17, 15) is 14.0 Å². The Kier molecular flexibility index (Phi) is 9.38. The highest BCUT2D eigenvalue weighted by Gasteiger charge is 2.21. The second-order valence-electron chi connectivity index (χ2n) is 8.68. The summed E-state index contributed by atoms with van der Waals surface area (Å²) < 4.78 is 14.3. The van der Waals surface area contributed by atoms with Gasteiger partial charge in [-0.1, -0.05) is 57.2 Å². The minimum absolute atomic E-state index is 0.0180. The molecule has 0 aliphatic carbocycles. The fourth-order valence-corrected chi connectivity index (χ4v) is 3.75. The number of hydrogen-bond donors (Lipinski definition) is 1. The number of carbonyl (C=O) groups excluding carboxylic acids is 2. The van der Waals surface area contributed by atoms with Crippen LogP contribution in [0.4, 0.5) is 4.39 Å². The van der Waals surface area contributed by atoms with Gasteiger partial charge < -0.3 is 10.2 Å². The fraction of sp³-hybridized carbons (Fsp3) is 0.462. The smallest absolute Gasteiger partial charge is 0.220 e. The molecule has 5 heteroatoms. The number of ketones is 1. The topological polar surface area (TPSA) is 49.4 Å². The first-order valence-corrected chi connectivity index (χ1v) is 11.0. The Hall–Kier alpha value is -2.53. The van der Waals surface area contributed by atoms with Crippen molar-refractivity contribution in [2.24, 2.45) is 5.92 Å². The number of rotatable bonds is 11. The summed E-state index contributed by atoms with van der Waals surface area (Å²) in [6, 6.07) is 15.0. The second kappa shape index (κ2) is 11.8. The summed E-state index contributed by atoms with van der Waals surface area (Å²) >= 11 is 0. The summed E-state index contributed by atoms with van der Waals surface area (Å²) in [6.45, 7) is 6.47. The van der Waals surface area contributed by atoms with Crippen LogP contribution in [0.1, 0.15) is 61.0 Å². The lowest BCUT2D eigenvalue weighted by Gasteiger charge is -2.26. The van der Waals surface area contributed by atoms with Gasteiger partial charge in [-0.2, -0.15) is 0 Å². The van der Waals surface area contributed by atoms with Gasteiger partial charge in [-0.15, -0.1) is 0 Å². The quantitative estimate of drug-likeness (QED) is 0.523. The SMILES string of the molecule is CCC(=O)c1ccc(C[C@@H](CNC(=O)C[C@H](c2ccccc2)C(C)C)N(C)C)cc1F. The maximum absolute atomic E-state index is 14.3. The average Bonchev–Trinajstić information content (AvgIpc) is 2.74. The third kappa shape index (κ3) is 7.28. The average molecular weight is 427 g/mol. The molecule has 4 nitrogen and oxygen atoms in total. The van der Waals surface area contributed by atoms with E-state index in [1.165, 1.54) is 11.6 Å². The number of halogens is 1. The Morgan fingerprint density at radius 2 is 1.74 bits per heavy atom. The largest absolute Gasteiger partial charge is 0.355 e. The van der Waals surface area contributed by atoms with Gasteiger partial charge in [0.2, 0.25) is 5.91 Å². The second-order valence-corrected chi connectivity index (χ2v) is 8.68. The monoisotopic (exact) mass is 426 g/mol. The van der Waals surface area contributed by atoms with E-state index in [1.54, 1.807) is 19.1 Å². The number of hydrogen-bond acceptors (Lipinski definition) is 3. The molecule has 0 spiro atoms. The van der Waals surface area contributed by atoms with Crippen LogP contribution in [-0.2, 0) is 11.2 Å². The van der Waals surface area contributed by atoms with E-state index in [-0.39, 0.29) is 35.6 Å². The molecule has 0 saturated heterocycles. The highest BCUT2D eigenvalue weighted by atomic mass is 19.1. The van der Waals surface area contributed by atoms with Gasteiger partial charge in [-0.3, -0.25) is 9.59 Å². The van der Waals surface area contributed by atoms with Crippen LogP contribution in [0.15, 0.2) is 48.5 Å². The molecule has 168 valence electrons. The predicted octanol–water partition coefficient (Wildman–Crippen LogP) is 4.84. The molecule has 1 N–H and O–H groups in total. The molecule has 0 unspecified atom stereocenters. The Morgan fingerprint density at radius 1 is 1.06 bits per heavy atom. The number of nitrogens with one attached hydrogen (secondary N) is 1. The molecule has 2 atom stereocenters. The van der Waals surface area contributed by atoms with E-state index < -0.39 is 5.82 Å². The highest BCUT2D eigenvalue weighted by Crippen LogP contribution is 2.27. The Balaban J connectivity index is 1.99. The molecular formula is C26H35FN2O2. The van der Waals surface area contributed by atoms with Crippen LogP contribution in [0.2, 0.25) is 0 Å². The molecule has 0 bridgehead atoms. The van der Waals surface area contributed by atoms with Gasteiger partial charge in [0, 0.05) is 25.4 Å². The van der Waals surface area contributed by atoms with Crippen molar-refractivity contribution in [1.82, 2.24) is 10.2 Å². The molecule has 0 fully saturated rings. The third-order valence-corrected chi connectivity index (χ3v) is 5.83. The zero-order chi connectivity index (χ0) is 23.0. The Morgan fingerprint density at radius 3 is 2.29 bits per heavy atom. The Labute approximate surface area is 185 Å². The first kappa shape index (κ1) is 24.7. The molecule has 0 aromatic heterocycles. The van der Waals surface area contributed by atoms with Gasteiger partial charge in [0.1, 0.15) is 5.82 Å². The van der Waals surface area contributed by atoms with Crippen molar-refractivity contribution in [2.75, 3.05) is 20.6 Å². The molecule has 1 amide bonds. The minimum Gasteiger partial charge on any atom is -0.355 e. The predicted molar refractivity (Wildman–Crippen MR) is 124 cm³/mol. The van der Waals surface area contributed by atoms with Gasteiger partial charge in [0.15, 0.2) is 5.78 Å². The van der Waals surface area contributed by atoms with Crippen LogP contribution in [0.3, 0.4) is 0 Å². The maximum Gasteiger partial charge on any atom is 0.220 e. The van der Waals surface area contributed by atoms with Gasteiger partial charge in [-0.05, 0) is 55.6 Å². The molecule has 0 aliphatic rings. The minimum atomic E-state index is -0.478. The zero-order valence-electron chi connectivity index (χ0n) is 19.3. The number of carbonyl (C=O) groups is 2. The summed E-state index contributed by atoms with van der Waals surface area (Å²) in [5, 5.41) is 3.06. The summed E-state index contributed by atoms with van der Waals surface area (Å²) in [5.74, 6) is -0.140. The summed E-state index contributed by atoms with van der Waals surface area (Å²) in [4.78, 5) is 26.5. The molecule has 0 aliphatic heterocycles. The van der Waals surface area contributed by atoms with Crippen LogP contribution in [-0.4, -0.2) is 43.3 Å². The van der Waals surface area contributed by atoms with Crippen molar-refractivity contribution < 1.29 is 14.0 Å². The van der Waals surface area contributed by atoms with Crippen molar-refractivity contribution in [1.29, 1.82) is 0 Å². The summed E-state index contributed by atoms with van der Waals surface area (Å²) in [5.41, 5.74) is 2.12. The van der Waals surface area contributed by atoms with Gasteiger partial charge >= 0.3 is 0 Å². The fourth-order valence-electron chi connectivity index (χ4n) is 3.75. The van der Waals surface area contributed by atoms with Crippen LogP contribution >= 0.6 is 0 Å². The van der Waals surface area contributed by atoms with Crippen molar-refractivity contribution in [3.8, 4) is 0 Å². The van der Waals surface area contributed by atoms with Crippen molar-refractivity contribution in [2.45, 2.75) is 52.0 Å². The standard InChI is InChI=1S/C26H35FN2O2/c1-6-25(30)22-13-12-19(15-24(22)27)14-21(29(4)5)17-28-26(31)16-23(18(2)3)20-10-8-7-9-11-20/h7-13,15,18,21,23H,6,14,16-17H2,1-5H3,(H,28,31)/t21-,23-/m0/s1. The van der Waals surface area contributed by atoms with E-state index in [4.69, 9.17) is 0 Å². The van der Waals surface area contributed by atoms with Crippen LogP contribution in [0, 0.1) is 11.7 Å². The van der Waals surface area contributed by atoms with E-state index in [1.807, 2.05) is 37.2 Å². The number of Topliss-reactive ketones (excluding diaryl/α,β-unsaturated/α-hetero) is 1. The lowest BCUT2D eigenvalue weighted by Crippen LogP contribution is -2.42. The number of amides is 1. The van der Waals surface area contributed by atoms with E-state index in [0.717, 1.165) is 5.56 Å². The zero-order valence-corrected chi connectivity index (χ0v) is 19.3. The molecule has 0 saturated carbocycles. The molecule has 31 heavy (non-hydrogen) atoms. The van der Waals surface area contributed by atoms with E-state index >= 15 is 0 Å². The molecule has 0 radical (unpaired) electrons. The van der Waals surface area contributed by atoms with Crippen molar-refractivity contribution in [3.05, 3.63) is 71.0 Å². The van der Waals surface area contributed by atoms with Crippen molar-refractivity contribution in [3.63, 3.8) is 0 Å². The van der Waals surface area contributed by atoms with Gasteiger partial charge in [-0.25, -0.2) is 4.39 Å². The third-order valence-electron chi connectivity index (χ3n) is 5.83. The number of benzene rings is 2.